The van der Waals surface area contributed by atoms with Crippen LogP contribution in [0.2, 0.25) is 5.15 Å². The fraction of sp³-hybridized carbons (Fsp3) is 0.500. The van der Waals surface area contributed by atoms with Crippen molar-refractivity contribution in [3.63, 3.8) is 0 Å². The predicted molar refractivity (Wildman–Crippen MR) is 125 cm³/mol. The number of nitrogens with one attached hydrogen (secondary N) is 2. The standard InChI is InChI=1S/C22H28ClN5OS/c1-4-22(2,3)28-21-26-18(23)17(20-25-15-7-5-6-8-16(15)30-20)19(27-21)24-14-10-9-13(11-14)12-29/h5-8,13-14,29H,4,9-12H2,1-3H3,(H2,24,26,27,28)/t13-,14+/m1/s1. The Morgan fingerprint density at radius 2 is 2.00 bits per heavy atom. The van der Waals surface area contributed by atoms with E-state index in [4.69, 9.17) is 21.6 Å². The van der Waals surface area contributed by atoms with Crippen molar-refractivity contribution in [1.82, 2.24) is 15.0 Å². The molecular formula is C22H28ClN5OS. The lowest BCUT2D eigenvalue weighted by molar-refractivity contribution is 0.229. The van der Waals surface area contributed by atoms with E-state index < -0.39 is 0 Å². The summed E-state index contributed by atoms with van der Waals surface area (Å²) < 4.78 is 1.10. The average molecular weight is 446 g/mol. The summed E-state index contributed by atoms with van der Waals surface area (Å²) in [6.45, 7) is 6.57. The van der Waals surface area contributed by atoms with Crippen LogP contribution >= 0.6 is 22.9 Å². The Morgan fingerprint density at radius 3 is 2.70 bits per heavy atom. The van der Waals surface area contributed by atoms with E-state index in [-0.39, 0.29) is 18.2 Å². The van der Waals surface area contributed by atoms with Crippen LogP contribution in [-0.2, 0) is 0 Å². The third kappa shape index (κ3) is 4.53. The first-order valence-electron chi connectivity index (χ1n) is 10.5. The fourth-order valence-electron chi connectivity index (χ4n) is 3.72. The number of hydrogen-bond acceptors (Lipinski definition) is 7. The van der Waals surface area contributed by atoms with Crippen LogP contribution in [0.15, 0.2) is 24.3 Å². The van der Waals surface area contributed by atoms with Crippen molar-refractivity contribution in [3.8, 4) is 10.6 Å². The second-order valence-corrected chi connectivity index (χ2v) is 10.0. The molecule has 0 saturated heterocycles. The summed E-state index contributed by atoms with van der Waals surface area (Å²) in [5.74, 6) is 1.55. The molecule has 1 aliphatic rings. The number of aliphatic hydroxyl groups is 1. The third-order valence-electron chi connectivity index (χ3n) is 5.85. The summed E-state index contributed by atoms with van der Waals surface area (Å²) in [4.78, 5) is 14.1. The lowest BCUT2D eigenvalue weighted by Gasteiger charge is -2.25. The number of para-hydroxylation sites is 1. The van der Waals surface area contributed by atoms with Crippen LogP contribution in [0, 0.1) is 5.92 Å². The first-order chi connectivity index (χ1) is 14.4. The zero-order valence-electron chi connectivity index (χ0n) is 17.6. The number of benzene rings is 1. The van der Waals surface area contributed by atoms with E-state index in [0.29, 0.717) is 22.8 Å². The molecule has 0 amide bonds. The van der Waals surface area contributed by atoms with Gasteiger partial charge in [-0.25, -0.2) is 9.97 Å². The Balaban J connectivity index is 1.75. The van der Waals surface area contributed by atoms with E-state index in [1.165, 1.54) is 0 Å². The van der Waals surface area contributed by atoms with Gasteiger partial charge in [0.1, 0.15) is 16.0 Å². The molecule has 0 unspecified atom stereocenters. The molecule has 1 aliphatic carbocycles. The van der Waals surface area contributed by atoms with Crippen LogP contribution in [0.4, 0.5) is 11.8 Å². The van der Waals surface area contributed by atoms with Crippen LogP contribution in [0.25, 0.3) is 20.8 Å². The maximum Gasteiger partial charge on any atom is 0.226 e. The number of fused-ring (bicyclic) bond motifs is 1. The molecule has 0 spiro atoms. The molecule has 1 fully saturated rings. The second-order valence-electron chi connectivity index (χ2n) is 8.61. The molecule has 0 aliphatic heterocycles. The highest BCUT2D eigenvalue weighted by Crippen LogP contribution is 2.40. The number of rotatable bonds is 7. The quantitative estimate of drug-likeness (QED) is 0.412. The molecule has 30 heavy (non-hydrogen) atoms. The van der Waals surface area contributed by atoms with Gasteiger partial charge < -0.3 is 15.7 Å². The van der Waals surface area contributed by atoms with Crippen molar-refractivity contribution in [1.29, 1.82) is 0 Å². The van der Waals surface area contributed by atoms with Gasteiger partial charge in [0.2, 0.25) is 5.95 Å². The maximum absolute atomic E-state index is 9.51. The van der Waals surface area contributed by atoms with Crippen LogP contribution in [0.1, 0.15) is 46.5 Å². The number of hydrogen-bond donors (Lipinski definition) is 3. The van der Waals surface area contributed by atoms with Crippen molar-refractivity contribution in [2.24, 2.45) is 5.92 Å². The summed E-state index contributed by atoms with van der Waals surface area (Å²) in [5.41, 5.74) is 1.54. The van der Waals surface area contributed by atoms with Crippen LogP contribution < -0.4 is 10.6 Å². The molecule has 1 saturated carbocycles. The van der Waals surface area contributed by atoms with E-state index in [0.717, 1.165) is 46.5 Å². The zero-order valence-corrected chi connectivity index (χ0v) is 19.1. The Hall–Kier alpha value is -1.96. The van der Waals surface area contributed by atoms with Crippen LogP contribution in [-0.4, -0.2) is 38.2 Å². The van der Waals surface area contributed by atoms with Gasteiger partial charge in [-0.1, -0.05) is 30.7 Å². The molecule has 160 valence electrons. The summed E-state index contributed by atoms with van der Waals surface area (Å²) >= 11 is 8.29. The molecule has 2 atom stereocenters. The molecule has 8 heteroatoms. The lowest BCUT2D eigenvalue weighted by atomic mass is 10.0. The van der Waals surface area contributed by atoms with E-state index in [9.17, 15) is 5.11 Å². The van der Waals surface area contributed by atoms with Gasteiger partial charge in [0.25, 0.3) is 0 Å². The van der Waals surface area contributed by atoms with Gasteiger partial charge in [0, 0.05) is 18.2 Å². The van der Waals surface area contributed by atoms with E-state index >= 15 is 0 Å². The Morgan fingerprint density at radius 1 is 1.20 bits per heavy atom. The highest BCUT2D eigenvalue weighted by atomic mass is 35.5. The minimum absolute atomic E-state index is 0.146. The smallest absolute Gasteiger partial charge is 0.226 e. The molecule has 0 bridgehead atoms. The van der Waals surface area contributed by atoms with Crippen molar-refractivity contribution < 1.29 is 5.11 Å². The van der Waals surface area contributed by atoms with E-state index in [1.54, 1.807) is 11.3 Å². The number of halogens is 1. The average Bonchev–Trinajstić information content (AvgIpc) is 3.33. The van der Waals surface area contributed by atoms with Crippen LogP contribution in [0.5, 0.6) is 0 Å². The summed E-state index contributed by atoms with van der Waals surface area (Å²) in [5, 5.41) is 17.7. The zero-order chi connectivity index (χ0) is 21.3. The molecular weight excluding hydrogens is 418 g/mol. The molecule has 2 heterocycles. The predicted octanol–water partition coefficient (Wildman–Crippen LogP) is 5.58. The largest absolute Gasteiger partial charge is 0.396 e. The van der Waals surface area contributed by atoms with Crippen molar-refractivity contribution in [3.05, 3.63) is 29.4 Å². The first-order valence-corrected chi connectivity index (χ1v) is 11.7. The molecule has 6 nitrogen and oxygen atoms in total. The summed E-state index contributed by atoms with van der Waals surface area (Å²) in [6, 6.07) is 8.29. The topological polar surface area (TPSA) is 83.0 Å². The fourth-order valence-corrected chi connectivity index (χ4v) is 5.05. The third-order valence-corrected chi connectivity index (χ3v) is 7.17. The second kappa shape index (κ2) is 8.65. The van der Waals surface area contributed by atoms with Gasteiger partial charge in [-0.15, -0.1) is 11.3 Å². The first kappa shape index (κ1) is 21.3. The summed E-state index contributed by atoms with van der Waals surface area (Å²) in [6.07, 6.45) is 3.85. The molecule has 3 N–H and O–H groups in total. The number of anilines is 2. The molecule has 0 radical (unpaired) electrons. The Kier molecular flexibility index (Phi) is 6.14. The number of aliphatic hydroxyl groups excluding tert-OH is 1. The SMILES string of the molecule is CCC(C)(C)Nc1nc(Cl)c(-c2nc3ccccc3s2)c(N[C@H]2CC[C@@H](CO)C2)n1. The van der Waals surface area contributed by atoms with Gasteiger partial charge >= 0.3 is 0 Å². The minimum atomic E-state index is -0.146. The molecule has 3 aromatic rings. The van der Waals surface area contributed by atoms with Crippen LogP contribution in [0.3, 0.4) is 0 Å². The highest BCUT2D eigenvalue weighted by molar-refractivity contribution is 7.21. The van der Waals surface area contributed by atoms with Crippen molar-refractivity contribution in [2.45, 2.75) is 58.0 Å². The normalized spacial score (nSPS) is 19.4. The van der Waals surface area contributed by atoms with Crippen molar-refractivity contribution >= 4 is 44.9 Å². The maximum atomic E-state index is 9.51. The number of thiazole rings is 1. The molecule has 4 rings (SSSR count). The minimum Gasteiger partial charge on any atom is -0.396 e. The summed E-state index contributed by atoms with van der Waals surface area (Å²) in [7, 11) is 0. The van der Waals surface area contributed by atoms with Crippen molar-refractivity contribution in [2.75, 3.05) is 17.2 Å². The van der Waals surface area contributed by atoms with Gasteiger partial charge in [-0.05, 0) is 57.6 Å². The molecule has 1 aromatic carbocycles. The van der Waals surface area contributed by atoms with Gasteiger partial charge in [0.15, 0.2) is 0 Å². The molecule has 2 aromatic heterocycles. The Bertz CT molecular complexity index is 1000. The van der Waals surface area contributed by atoms with E-state index in [1.807, 2.05) is 18.2 Å². The van der Waals surface area contributed by atoms with Gasteiger partial charge in [0.05, 0.1) is 15.8 Å². The number of aromatic nitrogens is 3. The monoisotopic (exact) mass is 445 g/mol. The highest BCUT2D eigenvalue weighted by Gasteiger charge is 2.27. The van der Waals surface area contributed by atoms with Gasteiger partial charge in [-0.3, -0.25) is 0 Å². The lowest BCUT2D eigenvalue weighted by Crippen LogP contribution is -2.31. The number of nitrogens with zero attached hydrogens (tertiary/aromatic N) is 3. The van der Waals surface area contributed by atoms with Gasteiger partial charge in [-0.2, -0.15) is 4.98 Å². The Labute approximate surface area is 186 Å². The van der Waals surface area contributed by atoms with E-state index in [2.05, 4.69) is 42.5 Å².